The van der Waals surface area contributed by atoms with Gasteiger partial charge >= 0.3 is 0 Å². The Morgan fingerprint density at radius 1 is 1.57 bits per heavy atom. The SMILES string of the molecule is CCSCCC1(C#N)CCCCC1=O. The molecule has 78 valence electrons. The molecule has 1 aliphatic carbocycles. The zero-order valence-electron chi connectivity index (χ0n) is 8.71. The third kappa shape index (κ3) is 2.51. The third-order valence-corrected chi connectivity index (χ3v) is 3.78. The van der Waals surface area contributed by atoms with E-state index >= 15 is 0 Å². The Morgan fingerprint density at radius 3 is 2.93 bits per heavy atom. The first-order valence-corrected chi connectivity index (χ1v) is 6.43. The van der Waals surface area contributed by atoms with Gasteiger partial charge in [0.05, 0.1) is 6.07 Å². The summed E-state index contributed by atoms with van der Waals surface area (Å²) in [5, 5.41) is 9.13. The molecule has 0 aromatic carbocycles. The van der Waals surface area contributed by atoms with E-state index in [1.165, 1.54) is 0 Å². The van der Waals surface area contributed by atoms with E-state index in [9.17, 15) is 4.79 Å². The highest BCUT2D eigenvalue weighted by molar-refractivity contribution is 7.99. The van der Waals surface area contributed by atoms with Crippen LogP contribution in [-0.2, 0) is 4.79 Å². The molecule has 0 aromatic heterocycles. The summed E-state index contributed by atoms with van der Waals surface area (Å²) < 4.78 is 0. The van der Waals surface area contributed by atoms with Gasteiger partial charge in [-0.05, 0) is 30.8 Å². The smallest absolute Gasteiger partial charge is 0.153 e. The van der Waals surface area contributed by atoms with Crippen molar-refractivity contribution in [2.75, 3.05) is 11.5 Å². The zero-order chi connectivity index (χ0) is 10.4. The van der Waals surface area contributed by atoms with Crippen molar-refractivity contribution in [2.45, 2.75) is 39.0 Å². The molecule has 0 spiro atoms. The van der Waals surface area contributed by atoms with Crippen molar-refractivity contribution in [1.29, 1.82) is 5.26 Å². The molecule has 0 aromatic rings. The van der Waals surface area contributed by atoms with Gasteiger partial charge in [-0.15, -0.1) is 0 Å². The van der Waals surface area contributed by atoms with Crippen LogP contribution >= 0.6 is 11.8 Å². The minimum Gasteiger partial charge on any atom is -0.298 e. The standard InChI is InChI=1S/C11H17NOS/c1-2-14-8-7-11(9-12)6-4-3-5-10(11)13/h2-8H2,1H3. The molecule has 1 fully saturated rings. The van der Waals surface area contributed by atoms with E-state index in [4.69, 9.17) is 5.26 Å². The molecule has 1 aliphatic rings. The molecule has 0 bridgehead atoms. The monoisotopic (exact) mass is 211 g/mol. The fraction of sp³-hybridized carbons (Fsp3) is 0.818. The summed E-state index contributed by atoms with van der Waals surface area (Å²) in [6.07, 6.45) is 4.16. The van der Waals surface area contributed by atoms with E-state index in [2.05, 4.69) is 13.0 Å². The number of nitrogens with zero attached hydrogens (tertiary/aromatic N) is 1. The van der Waals surface area contributed by atoms with E-state index in [1.54, 1.807) is 0 Å². The number of carbonyl (C=O) groups excluding carboxylic acids is 1. The second-order valence-electron chi connectivity index (χ2n) is 3.77. The summed E-state index contributed by atoms with van der Waals surface area (Å²) in [5.74, 6) is 2.19. The topological polar surface area (TPSA) is 40.9 Å². The van der Waals surface area contributed by atoms with E-state index < -0.39 is 5.41 Å². The van der Waals surface area contributed by atoms with Crippen LogP contribution in [0.3, 0.4) is 0 Å². The number of hydrogen-bond donors (Lipinski definition) is 0. The average Bonchev–Trinajstić information content (AvgIpc) is 2.21. The van der Waals surface area contributed by atoms with Gasteiger partial charge in [0.2, 0.25) is 0 Å². The largest absolute Gasteiger partial charge is 0.298 e. The first kappa shape index (κ1) is 11.6. The normalized spacial score (nSPS) is 27.3. The Kier molecular flexibility index (Phi) is 4.47. The Balaban J connectivity index is 2.55. The van der Waals surface area contributed by atoms with E-state index in [0.717, 1.165) is 37.2 Å². The predicted octanol–water partition coefficient (Wildman–Crippen LogP) is 2.78. The van der Waals surface area contributed by atoms with E-state index in [0.29, 0.717) is 6.42 Å². The average molecular weight is 211 g/mol. The van der Waals surface area contributed by atoms with Gasteiger partial charge in [-0.25, -0.2) is 0 Å². The van der Waals surface area contributed by atoms with Crippen molar-refractivity contribution >= 4 is 17.5 Å². The molecule has 14 heavy (non-hydrogen) atoms. The molecule has 1 unspecified atom stereocenters. The molecule has 0 heterocycles. The third-order valence-electron chi connectivity index (χ3n) is 2.88. The Labute approximate surface area is 90.1 Å². The minimum atomic E-state index is -0.625. The summed E-state index contributed by atoms with van der Waals surface area (Å²) in [6, 6.07) is 2.26. The van der Waals surface area contributed by atoms with Crippen LogP contribution in [0.4, 0.5) is 0 Å². The van der Waals surface area contributed by atoms with Gasteiger partial charge in [0.15, 0.2) is 5.78 Å². The summed E-state index contributed by atoms with van der Waals surface area (Å²) in [7, 11) is 0. The lowest BCUT2D eigenvalue weighted by molar-refractivity contribution is -0.128. The summed E-state index contributed by atoms with van der Waals surface area (Å²) in [6.45, 7) is 2.10. The van der Waals surface area contributed by atoms with Crippen molar-refractivity contribution in [3.63, 3.8) is 0 Å². The number of rotatable bonds is 4. The maximum Gasteiger partial charge on any atom is 0.153 e. The van der Waals surface area contributed by atoms with Gasteiger partial charge in [0, 0.05) is 6.42 Å². The molecule has 1 saturated carbocycles. The maximum absolute atomic E-state index is 11.7. The first-order chi connectivity index (χ1) is 6.75. The quantitative estimate of drug-likeness (QED) is 0.671. The Bertz CT molecular complexity index is 246. The molecular weight excluding hydrogens is 194 g/mol. The summed E-state index contributed by atoms with van der Waals surface area (Å²) >= 11 is 1.81. The van der Waals surface area contributed by atoms with Gasteiger partial charge in [-0.1, -0.05) is 13.3 Å². The fourth-order valence-corrected chi connectivity index (χ4v) is 2.70. The Morgan fingerprint density at radius 2 is 2.36 bits per heavy atom. The number of Topliss-reactive ketones (excluding diaryl/α,β-unsaturated/α-hetero) is 1. The molecule has 1 atom stereocenters. The lowest BCUT2D eigenvalue weighted by Crippen LogP contribution is -2.33. The first-order valence-electron chi connectivity index (χ1n) is 5.27. The molecule has 3 heteroatoms. The van der Waals surface area contributed by atoms with Crippen molar-refractivity contribution in [2.24, 2.45) is 5.41 Å². The second-order valence-corrected chi connectivity index (χ2v) is 5.16. The zero-order valence-corrected chi connectivity index (χ0v) is 9.53. The van der Waals surface area contributed by atoms with E-state index in [-0.39, 0.29) is 5.78 Å². The molecule has 1 rings (SSSR count). The van der Waals surface area contributed by atoms with Crippen molar-refractivity contribution in [3.8, 4) is 6.07 Å². The van der Waals surface area contributed by atoms with Gasteiger partial charge in [-0.2, -0.15) is 17.0 Å². The second kappa shape index (κ2) is 5.41. The Hall–Kier alpha value is -0.490. The fourth-order valence-electron chi connectivity index (χ4n) is 1.92. The van der Waals surface area contributed by atoms with Crippen LogP contribution in [0.1, 0.15) is 39.0 Å². The predicted molar refractivity (Wildman–Crippen MR) is 59.1 cm³/mol. The lowest BCUT2D eigenvalue weighted by Gasteiger charge is -2.28. The number of carbonyl (C=O) groups is 1. The minimum absolute atomic E-state index is 0.183. The molecular formula is C11H17NOS. The highest BCUT2D eigenvalue weighted by Gasteiger charge is 2.39. The highest BCUT2D eigenvalue weighted by Crippen LogP contribution is 2.36. The number of nitriles is 1. The number of thioether (sulfide) groups is 1. The van der Waals surface area contributed by atoms with Gasteiger partial charge < -0.3 is 0 Å². The van der Waals surface area contributed by atoms with Crippen LogP contribution in [0, 0.1) is 16.7 Å². The lowest BCUT2D eigenvalue weighted by atomic mass is 9.72. The molecule has 0 radical (unpaired) electrons. The molecule has 0 amide bonds. The van der Waals surface area contributed by atoms with Crippen molar-refractivity contribution in [3.05, 3.63) is 0 Å². The molecule has 0 aliphatic heterocycles. The van der Waals surface area contributed by atoms with Crippen LogP contribution in [0.5, 0.6) is 0 Å². The van der Waals surface area contributed by atoms with Crippen LogP contribution in [0.2, 0.25) is 0 Å². The molecule has 2 nitrogen and oxygen atoms in total. The van der Waals surface area contributed by atoms with Crippen LogP contribution < -0.4 is 0 Å². The number of hydrogen-bond acceptors (Lipinski definition) is 3. The number of ketones is 1. The van der Waals surface area contributed by atoms with E-state index in [1.807, 2.05) is 11.8 Å². The van der Waals surface area contributed by atoms with Gasteiger partial charge in [0.1, 0.15) is 5.41 Å². The highest BCUT2D eigenvalue weighted by atomic mass is 32.2. The van der Waals surface area contributed by atoms with Crippen molar-refractivity contribution < 1.29 is 4.79 Å². The van der Waals surface area contributed by atoms with Crippen LogP contribution in [-0.4, -0.2) is 17.3 Å². The maximum atomic E-state index is 11.7. The summed E-state index contributed by atoms with van der Waals surface area (Å²) in [4.78, 5) is 11.7. The van der Waals surface area contributed by atoms with Gasteiger partial charge in [-0.3, -0.25) is 4.79 Å². The summed E-state index contributed by atoms with van der Waals surface area (Å²) in [5.41, 5.74) is -0.625. The molecule has 0 N–H and O–H groups in total. The van der Waals surface area contributed by atoms with Gasteiger partial charge in [0.25, 0.3) is 0 Å². The molecule has 0 saturated heterocycles. The van der Waals surface area contributed by atoms with Crippen molar-refractivity contribution in [1.82, 2.24) is 0 Å². The van der Waals surface area contributed by atoms with Crippen LogP contribution in [0.25, 0.3) is 0 Å². The van der Waals surface area contributed by atoms with Crippen LogP contribution in [0.15, 0.2) is 0 Å².